The summed E-state index contributed by atoms with van der Waals surface area (Å²) in [5.41, 5.74) is 1.80. The van der Waals surface area contributed by atoms with Crippen LogP contribution in [0.2, 0.25) is 0 Å². The second kappa shape index (κ2) is 10.2. The lowest BCUT2D eigenvalue weighted by Crippen LogP contribution is -2.32. The molecule has 0 aliphatic carbocycles. The minimum atomic E-state index is -0.449. The number of hydrogen-bond acceptors (Lipinski definition) is 5. The van der Waals surface area contributed by atoms with Gasteiger partial charge in [-0.05, 0) is 42.8 Å². The summed E-state index contributed by atoms with van der Waals surface area (Å²) in [6.45, 7) is 2.84. The maximum absolute atomic E-state index is 12.0. The fraction of sp³-hybridized carbons (Fsp3) is 0.273. The average molecular weight is 396 g/mol. The van der Waals surface area contributed by atoms with Crippen LogP contribution in [0.1, 0.15) is 12.5 Å². The number of ether oxygens (including phenoxy) is 3. The third-order valence-electron chi connectivity index (χ3n) is 4.20. The Kier molecular flexibility index (Phi) is 7.10. The van der Waals surface area contributed by atoms with E-state index >= 15 is 0 Å². The molecule has 7 heteroatoms. The van der Waals surface area contributed by atoms with Gasteiger partial charge < -0.3 is 24.5 Å². The van der Waals surface area contributed by atoms with Crippen LogP contribution >= 0.6 is 0 Å². The van der Waals surface area contributed by atoms with Gasteiger partial charge in [0.2, 0.25) is 0 Å². The Morgan fingerprint density at radius 2 is 1.72 bits per heavy atom. The molecule has 7 nitrogen and oxygen atoms in total. The first-order valence-corrected chi connectivity index (χ1v) is 9.48. The molecule has 1 amide bonds. The molecule has 0 fully saturated rings. The van der Waals surface area contributed by atoms with Crippen LogP contribution in [0, 0.1) is 0 Å². The van der Waals surface area contributed by atoms with Crippen molar-refractivity contribution in [2.24, 2.45) is 0 Å². The maximum atomic E-state index is 12.0. The third-order valence-corrected chi connectivity index (χ3v) is 4.20. The largest absolute Gasteiger partial charge is 0.494 e. The van der Waals surface area contributed by atoms with Crippen molar-refractivity contribution in [3.63, 3.8) is 0 Å². The molecule has 0 saturated heterocycles. The van der Waals surface area contributed by atoms with Crippen molar-refractivity contribution in [1.82, 2.24) is 10.3 Å². The van der Waals surface area contributed by atoms with Crippen LogP contribution in [0.15, 0.2) is 54.7 Å². The first kappa shape index (κ1) is 20.3. The van der Waals surface area contributed by atoms with Crippen molar-refractivity contribution < 1.29 is 23.8 Å². The zero-order valence-electron chi connectivity index (χ0n) is 16.3. The van der Waals surface area contributed by atoms with Crippen molar-refractivity contribution >= 4 is 22.8 Å². The number of esters is 1. The summed E-state index contributed by atoms with van der Waals surface area (Å²) in [4.78, 5) is 26.9. The van der Waals surface area contributed by atoms with Crippen LogP contribution in [0.4, 0.5) is 0 Å². The molecule has 3 rings (SSSR count). The minimum Gasteiger partial charge on any atom is -0.494 e. The summed E-state index contributed by atoms with van der Waals surface area (Å²) in [5, 5.41) is 3.63. The normalized spacial score (nSPS) is 10.5. The molecule has 0 atom stereocenters. The van der Waals surface area contributed by atoms with E-state index < -0.39 is 5.97 Å². The van der Waals surface area contributed by atoms with Gasteiger partial charge in [0.1, 0.15) is 18.1 Å². The predicted octanol–water partition coefficient (Wildman–Crippen LogP) is 2.85. The number of amides is 1. The Morgan fingerprint density at radius 3 is 2.48 bits per heavy atom. The van der Waals surface area contributed by atoms with Crippen LogP contribution in [-0.4, -0.2) is 43.2 Å². The van der Waals surface area contributed by atoms with E-state index in [0.29, 0.717) is 25.5 Å². The van der Waals surface area contributed by atoms with E-state index in [1.54, 1.807) is 18.3 Å². The van der Waals surface area contributed by atoms with Gasteiger partial charge in [0.15, 0.2) is 6.61 Å². The van der Waals surface area contributed by atoms with E-state index in [0.717, 1.165) is 22.2 Å². The van der Waals surface area contributed by atoms with E-state index in [4.69, 9.17) is 14.2 Å². The molecule has 2 N–H and O–H groups in total. The summed E-state index contributed by atoms with van der Waals surface area (Å²) in [5.74, 6) is 0.651. The number of rotatable bonds is 10. The molecule has 0 radical (unpaired) electrons. The number of H-pyrrole nitrogens is 1. The average Bonchev–Trinajstić information content (AvgIpc) is 3.14. The highest BCUT2D eigenvalue weighted by Crippen LogP contribution is 2.18. The molecular weight excluding hydrogens is 372 g/mol. The first-order valence-electron chi connectivity index (χ1n) is 9.48. The lowest BCUT2D eigenvalue weighted by atomic mass is 10.1. The topological polar surface area (TPSA) is 89.7 Å². The van der Waals surface area contributed by atoms with Gasteiger partial charge in [0, 0.05) is 17.1 Å². The quantitative estimate of drug-likeness (QED) is 0.406. The first-order chi connectivity index (χ1) is 14.2. The number of nitrogens with one attached hydrogen (secondary N) is 2. The van der Waals surface area contributed by atoms with Gasteiger partial charge in [-0.1, -0.05) is 18.2 Å². The minimum absolute atomic E-state index is 0.109. The molecule has 0 bridgehead atoms. The van der Waals surface area contributed by atoms with Gasteiger partial charge in [-0.15, -0.1) is 0 Å². The second-order valence-electron chi connectivity index (χ2n) is 6.30. The SMILES string of the molecule is CCOc1ccc(OCCNC(=O)COC(=O)Cc2c[nH]c3ccccc23)cc1. The lowest BCUT2D eigenvalue weighted by molar-refractivity contribution is -0.147. The summed E-state index contributed by atoms with van der Waals surface area (Å²) in [6, 6.07) is 15.0. The van der Waals surface area contributed by atoms with Crippen molar-refractivity contribution in [3.8, 4) is 11.5 Å². The van der Waals surface area contributed by atoms with Gasteiger partial charge in [0.25, 0.3) is 5.91 Å². The van der Waals surface area contributed by atoms with E-state index in [-0.39, 0.29) is 18.9 Å². The molecule has 0 saturated carbocycles. The Balaban J connectivity index is 1.33. The Labute approximate surface area is 169 Å². The van der Waals surface area contributed by atoms with Crippen LogP contribution in [-0.2, 0) is 20.7 Å². The number of fused-ring (bicyclic) bond motifs is 1. The van der Waals surface area contributed by atoms with Gasteiger partial charge in [-0.3, -0.25) is 9.59 Å². The van der Waals surface area contributed by atoms with Gasteiger partial charge in [-0.2, -0.15) is 0 Å². The number of benzene rings is 2. The van der Waals surface area contributed by atoms with E-state index in [2.05, 4.69) is 10.3 Å². The monoisotopic (exact) mass is 396 g/mol. The number of carbonyl (C=O) groups excluding carboxylic acids is 2. The molecule has 152 valence electrons. The van der Waals surface area contributed by atoms with Crippen LogP contribution in [0.5, 0.6) is 11.5 Å². The zero-order valence-corrected chi connectivity index (χ0v) is 16.3. The molecule has 1 aromatic heterocycles. The van der Waals surface area contributed by atoms with Crippen LogP contribution < -0.4 is 14.8 Å². The number of para-hydroxylation sites is 1. The molecule has 3 aromatic rings. The van der Waals surface area contributed by atoms with Gasteiger partial charge >= 0.3 is 5.97 Å². The van der Waals surface area contributed by atoms with Crippen molar-refractivity contribution in [2.75, 3.05) is 26.4 Å². The van der Waals surface area contributed by atoms with E-state index in [1.165, 1.54) is 0 Å². The maximum Gasteiger partial charge on any atom is 0.310 e. The predicted molar refractivity (Wildman–Crippen MR) is 109 cm³/mol. The smallest absolute Gasteiger partial charge is 0.310 e. The van der Waals surface area contributed by atoms with Gasteiger partial charge in [0.05, 0.1) is 19.6 Å². The van der Waals surface area contributed by atoms with Crippen molar-refractivity contribution in [3.05, 3.63) is 60.3 Å². The highest BCUT2D eigenvalue weighted by molar-refractivity contribution is 5.88. The third kappa shape index (κ3) is 6.00. The fourth-order valence-electron chi connectivity index (χ4n) is 2.84. The summed E-state index contributed by atoms with van der Waals surface area (Å²) >= 11 is 0. The highest BCUT2D eigenvalue weighted by atomic mass is 16.5. The van der Waals surface area contributed by atoms with Crippen molar-refractivity contribution in [2.45, 2.75) is 13.3 Å². The van der Waals surface area contributed by atoms with E-state index in [9.17, 15) is 9.59 Å². The summed E-state index contributed by atoms with van der Waals surface area (Å²) in [7, 11) is 0. The molecule has 29 heavy (non-hydrogen) atoms. The van der Waals surface area contributed by atoms with Crippen LogP contribution in [0.3, 0.4) is 0 Å². The Hall–Kier alpha value is -3.48. The van der Waals surface area contributed by atoms with Gasteiger partial charge in [-0.25, -0.2) is 0 Å². The Morgan fingerprint density at radius 1 is 1.00 bits per heavy atom. The van der Waals surface area contributed by atoms with Crippen LogP contribution in [0.25, 0.3) is 10.9 Å². The highest BCUT2D eigenvalue weighted by Gasteiger charge is 2.11. The molecule has 0 unspecified atom stereocenters. The number of aromatic nitrogens is 1. The summed E-state index contributed by atoms with van der Waals surface area (Å²) in [6.07, 6.45) is 1.89. The molecule has 1 heterocycles. The molecule has 0 spiro atoms. The molecule has 2 aromatic carbocycles. The number of carbonyl (C=O) groups is 2. The van der Waals surface area contributed by atoms with E-state index in [1.807, 2.05) is 43.3 Å². The fourth-order valence-corrected chi connectivity index (χ4v) is 2.84. The molecule has 0 aliphatic rings. The van der Waals surface area contributed by atoms with Crippen molar-refractivity contribution in [1.29, 1.82) is 0 Å². The zero-order chi connectivity index (χ0) is 20.5. The second-order valence-corrected chi connectivity index (χ2v) is 6.30. The summed E-state index contributed by atoms with van der Waals surface area (Å²) < 4.78 is 16.0. The Bertz CT molecular complexity index is 949. The number of hydrogen-bond donors (Lipinski definition) is 2. The lowest BCUT2D eigenvalue weighted by Gasteiger charge is -2.09. The molecular formula is C22H24N2O5. The number of aromatic amines is 1. The molecule has 0 aliphatic heterocycles. The standard InChI is InChI=1S/C22H24N2O5/c1-2-27-17-7-9-18(10-8-17)28-12-11-23-21(25)15-29-22(26)13-16-14-24-20-6-4-3-5-19(16)20/h3-10,14,24H,2,11-13,15H2,1H3,(H,23,25).